The number of nitrogens with zero attached hydrogens (tertiary/aromatic N) is 2. The summed E-state index contributed by atoms with van der Waals surface area (Å²) in [6.07, 6.45) is 32.9. The van der Waals surface area contributed by atoms with E-state index in [1.54, 1.807) is 12.2 Å². The van der Waals surface area contributed by atoms with Gasteiger partial charge in [0, 0.05) is 22.8 Å². The van der Waals surface area contributed by atoms with Crippen molar-refractivity contribution in [2.24, 2.45) is 0 Å². The summed E-state index contributed by atoms with van der Waals surface area (Å²) in [5.41, 5.74) is 19.2. The van der Waals surface area contributed by atoms with Gasteiger partial charge in [0.25, 0.3) is 0 Å². The van der Waals surface area contributed by atoms with Crippen LogP contribution in [-0.2, 0) is 33.3 Å². The molecule has 50 heavy (non-hydrogen) atoms. The Labute approximate surface area is 324 Å². The molecule has 0 atom stereocenters. The Bertz CT molecular complexity index is 1200. The van der Waals surface area contributed by atoms with E-state index in [4.69, 9.17) is 13.2 Å². The first-order chi connectivity index (χ1) is 24.0. The first-order valence-corrected chi connectivity index (χ1v) is 20.2. The van der Waals surface area contributed by atoms with Crippen molar-refractivity contribution in [3.8, 4) is 0 Å². The summed E-state index contributed by atoms with van der Waals surface area (Å²) >= 11 is 0. The molecule has 2 aromatic carbocycles. The molecule has 2 aromatic rings. The fourth-order valence-corrected chi connectivity index (χ4v) is 6.03. The molecule has 3 rings (SSSR count). The Kier molecular flexibility index (Phi) is 31.0. The number of allylic oxidation sites excluding steroid dienone is 4. The third-order valence-electron chi connectivity index (χ3n) is 9.14. The van der Waals surface area contributed by atoms with Gasteiger partial charge in [-0.15, -0.1) is 0 Å². The van der Waals surface area contributed by atoms with Crippen LogP contribution < -0.4 is 0 Å². The van der Waals surface area contributed by atoms with Gasteiger partial charge in [0.05, 0.1) is 0 Å². The molecule has 3 heteroatoms. The molecular weight excluding hydrogens is 699 g/mol. The summed E-state index contributed by atoms with van der Waals surface area (Å²) in [6.45, 7) is 21.6. The van der Waals surface area contributed by atoms with Crippen molar-refractivity contribution < 1.29 is 25.1 Å². The first kappa shape index (κ1) is 47.7. The molecule has 1 heterocycles. The van der Waals surface area contributed by atoms with Gasteiger partial charge in [0.1, 0.15) is 0 Å². The summed E-state index contributed by atoms with van der Waals surface area (Å²) < 4.78 is 1.43. The van der Waals surface area contributed by atoms with Crippen LogP contribution in [0.5, 0.6) is 0 Å². The van der Waals surface area contributed by atoms with Gasteiger partial charge in [0.15, 0.2) is 0 Å². The molecule has 0 spiro atoms. The van der Waals surface area contributed by atoms with Crippen LogP contribution in [0.1, 0.15) is 185 Å². The zero-order valence-corrected chi connectivity index (χ0v) is 34.3. The van der Waals surface area contributed by atoms with Crippen LogP contribution in [0.25, 0.3) is 16.9 Å². The number of rotatable bonds is 24. The van der Waals surface area contributed by atoms with Gasteiger partial charge in [0.2, 0.25) is 11.4 Å². The minimum Gasteiger partial charge on any atom is -0.518 e. The molecule has 0 radical (unpaired) electrons. The van der Waals surface area contributed by atoms with Crippen molar-refractivity contribution in [3.63, 3.8) is 0 Å². The second-order valence-electron chi connectivity index (χ2n) is 13.7. The van der Waals surface area contributed by atoms with Gasteiger partial charge in [-0.25, -0.2) is 4.70 Å². The normalized spacial score (nSPS) is 11.9. The molecule has 0 bridgehead atoms. The van der Waals surface area contributed by atoms with Crippen LogP contribution in [0, 0.1) is 13.2 Å². The minimum absolute atomic E-state index is 0. The Morgan fingerprint density at radius 3 is 1.58 bits per heavy atom. The van der Waals surface area contributed by atoms with E-state index < -0.39 is 0 Å². The Morgan fingerprint density at radius 1 is 0.540 bits per heavy atom. The molecule has 1 aliphatic rings. The van der Waals surface area contributed by atoms with Crippen LogP contribution in [0.4, 0.5) is 0 Å². The standard InChI is InChI=1S/C29H38N2.2C9H17.Pd/c1-4-7-10-13-23-17-19-25(20-18-23)29-27(15-9-6-3)22-28(31(29)30)26-16-11-14-24(21-26)12-8-5-2;2*1-3-5-7-9-8-6-4-2;/h11,14,16-22H,4-10,12-13,15H2,1-3H3;2*1,3H,4-9H2,2H3;/q;2*-1;+2. The van der Waals surface area contributed by atoms with Crippen LogP contribution in [0.2, 0.25) is 0 Å². The van der Waals surface area contributed by atoms with E-state index in [9.17, 15) is 5.53 Å². The SMILES string of the molecule is CCCCCc1ccc(C2=C(CCCC)C=C(c3cccc(CCCC)c3)[N+]2=[N-])cc1.[CH-]=CCCCCCCC.[CH-]=CCCCCCCC.[Pd+2]. The van der Waals surface area contributed by atoms with Gasteiger partial charge in [-0.1, -0.05) is 162 Å². The van der Waals surface area contributed by atoms with E-state index in [0.717, 1.165) is 67.5 Å². The van der Waals surface area contributed by atoms with E-state index in [0.29, 0.717) is 0 Å². The molecule has 0 aliphatic carbocycles. The molecule has 2 nitrogen and oxygen atoms in total. The Morgan fingerprint density at radius 2 is 1.04 bits per heavy atom. The predicted octanol–water partition coefficient (Wildman–Crippen LogP) is 15.4. The second-order valence-corrected chi connectivity index (χ2v) is 13.7. The van der Waals surface area contributed by atoms with Gasteiger partial charge in [-0.2, -0.15) is 0 Å². The monoisotopic (exact) mass is 770 g/mol. The molecule has 280 valence electrons. The molecule has 0 N–H and O–H groups in total. The van der Waals surface area contributed by atoms with E-state index in [1.807, 2.05) is 0 Å². The average Bonchev–Trinajstić information content (AvgIpc) is 3.46. The number of benzene rings is 2. The maximum absolute atomic E-state index is 11.2. The smallest absolute Gasteiger partial charge is 0.518 e. The molecular formula is C47H72N2Pd. The Hall–Kier alpha value is -2.34. The van der Waals surface area contributed by atoms with Gasteiger partial charge in [-0.05, 0) is 73.9 Å². The van der Waals surface area contributed by atoms with Crippen LogP contribution in [0.15, 0.2) is 72.3 Å². The molecule has 0 aromatic heterocycles. The maximum atomic E-state index is 11.2. The van der Waals surface area contributed by atoms with E-state index >= 15 is 0 Å². The summed E-state index contributed by atoms with van der Waals surface area (Å²) in [6, 6.07) is 17.5. The summed E-state index contributed by atoms with van der Waals surface area (Å²) in [5, 5.41) is 0. The van der Waals surface area contributed by atoms with Crippen molar-refractivity contribution in [3.05, 3.63) is 113 Å². The van der Waals surface area contributed by atoms with Gasteiger partial charge in [-0.3, -0.25) is 12.2 Å². The summed E-state index contributed by atoms with van der Waals surface area (Å²) in [4.78, 5) is 0. The van der Waals surface area contributed by atoms with Crippen molar-refractivity contribution in [2.75, 3.05) is 0 Å². The zero-order chi connectivity index (χ0) is 36.0. The predicted molar refractivity (Wildman–Crippen MR) is 217 cm³/mol. The van der Waals surface area contributed by atoms with Crippen LogP contribution >= 0.6 is 0 Å². The third-order valence-corrected chi connectivity index (χ3v) is 9.14. The summed E-state index contributed by atoms with van der Waals surface area (Å²) in [7, 11) is 0. The average molecular weight is 772 g/mol. The zero-order valence-electron chi connectivity index (χ0n) is 32.8. The Balaban J connectivity index is 0.00000104. The molecule has 0 amide bonds. The van der Waals surface area contributed by atoms with Gasteiger partial charge < -0.3 is 18.7 Å². The van der Waals surface area contributed by atoms with Crippen LogP contribution in [0.3, 0.4) is 0 Å². The largest absolute Gasteiger partial charge is 2.00 e. The second kappa shape index (κ2) is 32.6. The molecule has 0 saturated heterocycles. The fraction of sp³-hybridized carbons (Fsp3) is 0.574. The van der Waals surface area contributed by atoms with Crippen molar-refractivity contribution in [2.45, 2.75) is 176 Å². The van der Waals surface area contributed by atoms with E-state index in [2.05, 4.69) is 89.2 Å². The van der Waals surface area contributed by atoms with Gasteiger partial charge >= 0.3 is 20.4 Å². The number of aryl methyl sites for hydroxylation is 2. The number of hydrogen-bond donors (Lipinski definition) is 0. The first-order valence-electron chi connectivity index (χ1n) is 20.2. The number of hydrogen-bond acceptors (Lipinski definition) is 0. The van der Waals surface area contributed by atoms with E-state index in [1.165, 1.54) is 118 Å². The quantitative estimate of drug-likeness (QED) is 0.0440. The fourth-order valence-electron chi connectivity index (χ4n) is 6.03. The minimum atomic E-state index is 0. The molecule has 1 aliphatic heterocycles. The maximum Gasteiger partial charge on any atom is 2.00 e. The summed E-state index contributed by atoms with van der Waals surface area (Å²) in [5.74, 6) is 0. The van der Waals surface area contributed by atoms with Crippen molar-refractivity contribution in [1.82, 2.24) is 0 Å². The molecule has 0 saturated carbocycles. The van der Waals surface area contributed by atoms with Crippen molar-refractivity contribution >= 4 is 11.4 Å². The number of unbranched alkanes of at least 4 members (excludes halogenated alkanes) is 14. The third kappa shape index (κ3) is 20.5. The van der Waals surface area contributed by atoms with E-state index in [-0.39, 0.29) is 20.4 Å². The molecule has 0 unspecified atom stereocenters. The van der Waals surface area contributed by atoms with Crippen LogP contribution in [-0.4, -0.2) is 4.70 Å². The van der Waals surface area contributed by atoms with Crippen molar-refractivity contribution in [1.29, 1.82) is 0 Å². The molecule has 0 fully saturated rings. The topological polar surface area (TPSA) is 25.3 Å².